The molecule has 1 rings (SSSR count). The van der Waals surface area contributed by atoms with Gasteiger partial charge in [-0.3, -0.25) is 14.3 Å². The highest BCUT2D eigenvalue weighted by Crippen LogP contribution is 2.23. The molecule has 1 heterocycles. The highest BCUT2D eigenvalue weighted by molar-refractivity contribution is 5.94. The van der Waals surface area contributed by atoms with E-state index in [4.69, 9.17) is 4.74 Å². The molecule has 7 heteroatoms. The van der Waals surface area contributed by atoms with Crippen molar-refractivity contribution in [2.45, 2.75) is 84.5 Å². The Morgan fingerprint density at radius 1 is 1.13 bits per heavy atom. The second-order valence-electron chi connectivity index (χ2n) is 9.02. The third kappa shape index (κ3) is 9.74. The molecule has 7 nitrogen and oxygen atoms in total. The van der Waals surface area contributed by atoms with E-state index in [0.717, 1.165) is 18.5 Å². The zero-order chi connectivity index (χ0) is 22.6. The SMILES string of the molecule is CCCCCCCCCC(=O)N(CCOC)CC(=O)Nc1cc(C(C)(C)C)nn1C. The molecule has 0 fully saturated rings. The molecule has 0 aliphatic carbocycles. The molecule has 30 heavy (non-hydrogen) atoms. The predicted molar refractivity (Wildman–Crippen MR) is 122 cm³/mol. The largest absolute Gasteiger partial charge is 0.383 e. The second-order valence-corrected chi connectivity index (χ2v) is 9.02. The van der Waals surface area contributed by atoms with Crippen molar-refractivity contribution in [3.8, 4) is 0 Å². The fourth-order valence-corrected chi connectivity index (χ4v) is 3.19. The van der Waals surface area contributed by atoms with Gasteiger partial charge in [0, 0.05) is 38.6 Å². The highest BCUT2D eigenvalue weighted by atomic mass is 16.5. The van der Waals surface area contributed by atoms with Crippen molar-refractivity contribution in [2.75, 3.05) is 32.1 Å². The summed E-state index contributed by atoms with van der Waals surface area (Å²) < 4.78 is 6.79. The monoisotopic (exact) mass is 422 g/mol. The number of aromatic nitrogens is 2. The first kappa shape index (κ1) is 26.1. The van der Waals surface area contributed by atoms with E-state index in [1.165, 1.54) is 32.1 Å². The van der Waals surface area contributed by atoms with E-state index in [9.17, 15) is 9.59 Å². The number of amides is 2. The van der Waals surface area contributed by atoms with Crippen molar-refractivity contribution in [3.63, 3.8) is 0 Å². The van der Waals surface area contributed by atoms with Crippen molar-refractivity contribution in [3.05, 3.63) is 11.8 Å². The number of carbonyl (C=O) groups excluding carboxylic acids is 2. The summed E-state index contributed by atoms with van der Waals surface area (Å²) in [6.45, 7) is 9.30. The summed E-state index contributed by atoms with van der Waals surface area (Å²) in [5.74, 6) is 0.426. The zero-order valence-corrected chi connectivity index (χ0v) is 19.9. The van der Waals surface area contributed by atoms with Gasteiger partial charge in [-0.1, -0.05) is 66.2 Å². The van der Waals surface area contributed by atoms with E-state index in [-0.39, 0.29) is 23.8 Å². The lowest BCUT2D eigenvalue weighted by molar-refractivity contribution is -0.135. The minimum atomic E-state index is -0.220. The van der Waals surface area contributed by atoms with Gasteiger partial charge in [0.2, 0.25) is 11.8 Å². The van der Waals surface area contributed by atoms with Crippen molar-refractivity contribution >= 4 is 17.6 Å². The van der Waals surface area contributed by atoms with Crippen LogP contribution in [-0.4, -0.2) is 53.3 Å². The van der Waals surface area contributed by atoms with Gasteiger partial charge in [-0.25, -0.2) is 0 Å². The number of aryl methyl sites for hydroxylation is 1. The Labute approximate surface area is 182 Å². The fourth-order valence-electron chi connectivity index (χ4n) is 3.19. The van der Waals surface area contributed by atoms with Crippen LogP contribution < -0.4 is 5.32 Å². The van der Waals surface area contributed by atoms with Gasteiger partial charge in [-0.15, -0.1) is 0 Å². The van der Waals surface area contributed by atoms with E-state index in [0.29, 0.717) is 25.4 Å². The zero-order valence-electron chi connectivity index (χ0n) is 19.9. The van der Waals surface area contributed by atoms with E-state index >= 15 is 0 Å². The predicted octanol–water partition coefficient (Wildman–Crippen LogP) is 4.27. The van der Waals surface area contributed by atoms with Gasteiger partial charge in [0.1, 0.15) is 5.82 Å². The van der Waals surface area contributed by atoms with E-state index in [1.807, 2.05) is 6.07 Å². The summed E-state index contributed by atoms with van der Waals surface area (Å²) in [5, 5.41) is 7.36. The molecule has 0 aromatic carbocycles. The number of unbranched alkanes of at least 4 members (excludes halogenated alkanes) is 6. The van der Waals surface area contributed by atoms with Gasteiger partial charge in [0.25, 0.3) is 0 Å². The molecule has 0 saturated carbocycles. The van der Waals surface area contributed by atoms with Crippen molar-refractivity contribution < 1.29 is 14.3 Å². The third-order valence-electron chi connectivity index (χ3n) is 5.16. The summed E-state index contributed by atoms with van der Waals surface area (Å²) in [6, 6.07) is 1.89. The van der Waals surface area contributed by atoms with Gasteiger partial charge < -0.3 is 15.0 Å². The Balaban J connectivity index is 2.55. The number of hydrogen-bond acceptors (Lipinski definition) is 4. The van der Waals surface area contributed by atoms with Crippen LogP contribution >= 0.6 is 0 Å². The molecule has 1 N–H and O–H groups in total. The molecule has 2 amide bonds. The topological polar surface area (TPSA) is 76.5 Å². The summed E-state index contributed by atoms with van der Waals surface area (Å²) in [4.78, 5) is 26.8. The normalized spacial score (nSPS) is 11.5. The molecule has 0 radical (unpaired) electrons. The molecule has 0 unspecified atom stereocenters. The van der Waals surface area contributed by atoms with Crippen LogP contribution in [0.25, 0.3) is 0 Å². The Kier molecular flexibility index (Phi) is 11.7. The summed E-state index contributed by atoms with van der Waals surface area (Å²) in [7, 11) is 3.40. The van der Waals surface area contributed by atoms with E-state index in [1.54, 1.807) is 23.7 Å². The maximum absolute atomic E-state index is 12.6. The average molecular weight is 423 g/mol. The minimum Gasteiger partial charge on any atom is -0.383 e. The molecule has 1 aromatic rings. The molecule has 0 atom stereocenters. The lowest BCUT2D eigenvalue weighted by Gasteiger charge is -2.22. The standard InChI is InChI=1S/C23H42N4O3/c1-7-8-9-10-11-12-13-14-22(29)27(15-16-30-6)18-21(28)24-20-17-19(23(2,3)4)25-26(20)5/h17H,7-16,18H2,1-6H3,(H,24,28). The number of ether oxygens (including phenoxy) is 1. The van der Waals surface area contributed by atoms with Gasteiger partial charge in [-0.05, 0) is 6.42 Å². The number of anilines is 1. The Morgan fingerprint density at radius 3 is 2.33 bits per heavy atom. The van der Waals surface area contributed by atoms with Crippen molar-refractivity contribution in [1.29, 1.82) is 0 Å². The number of rotatable bonds is 14. The Bertz CT molecular complexity index is 649. The molecular weight excluding hydrogens is 380 g/mol. The van der Waals surface area contributed by atoms with Crippen LogP contribution in [0.1, 0.15) is 84.8 Å². The van der Waals surface area contributed by atoms with Gasteiger partial charge >= 0.3 is 0 Å². The number of nitrogens with one attached hydrogen (secondary N) is 1. The second kappa shape index (κ2) is 13.4. The number of carbonyl (C=O) groups is 2. The first-order chi connectivity index (χ1) is 14.2. The van der Waals surface area contributed by atoms with E-state index in [2.05, 4.69) is 38.1 Å². The van der Waals surface area contributed by atoms with Crippen LogP contribution in [0.2, 0.25) is 0 Å². The van der Waals surface area contributed by atoms with Crippen LogP contribution in [0.3, 0.4) is 0 Å². The van der Waals surface area contributed by atoms with Gasteiger partial charge in [-0.2, -0.15) is 5.10 Å². The Morgan fingerprint density at radius 2 is 1.77 bits per heavy atom. The molecule has 1 aromatic heterocycles. The molecule has 0 spiro atoms. The molecule has 0 saturated heterocycles. The summed E-state index contributed by atoms with van der Waals surface area (Å²) in [6.07, 6.45) is 8.61. The van der Waals surface area contributed by atoms with Crippen LogP contribution in [0.15, 0.2) is 6.07 Å². The molecular formula is C23H42N4O3. The molecule has 172 valence electrons. The first-order valence-electron chi connectivity index (χ1n) is 11.3. The van der Waals surface area contributed by atoms with Crippen LogP contribution in [-0.2, 0) is 26.8 Å². The minimum absolute atomic E-state index is 0.0103. The number of hydrogen-bond donors (Lipinski definition) is 1. The van der Waals surface area contributed by atoms with Crippen LogP contribution in [0, 0.1) is 0 Å². The number of nitrogens with zero attached hydrogens (tertiary/aromatic N) is 3. The maximum atomic E-state index is 12.6. The van der Waals surface area contributed by atoms with Crippen molar-refractivity contribution in [1.82, 2.24) is 14.7 Å². The lowest BCUT2D eigenvalue weighted by Crippen LogP contribution is -2.40. The Hall–Kier alpha value is -1.89. The third-order valence-corrected chi connectivity index (χ3v) is 5.16. The highest BCUT2D eigenvalue weighted by Gasteiger charge is 2.21. The summed E-state index contributed by atoms with van der Waals surface area (Å²) >= 11 is 0. The van der Waals surface area contributed by atoms with Crippen LogP contribution in [0.4, 0.5) is 5.82 Å². The first-order valence-corrected chi connectivity index (χ1v) is 11.3. The number of methoxy groups -OCH3 is 1. The average Bonchev–Trinajstić information content (AvgIpc) is 3.05. The smallest absolute Gasteiger partial charge is 0.245 e. The fraction of sp³-hybridized carbons (Fsp3) is 0.783. The van der Waals surface area contributed by atoms with Crippen molar-refractivity contribution in [2.24, 2.45) is 7.05 Å². The molecule has 0 aliphatic heterocycles. The quantitative estimate of drug-likeness (QED) is 0.454. The van der Waals surface area contributed by atoms with E-state index < -0.39 is 0 Å². The van der Waals surface area contributed by atoms with Gasteiger partial charge in [0.05, 0.1) is 18.8 Å². The van der Waals surface area contributed by atoms with Gasteiger partial charge in [0.15, 0.2) is 0 Å². The van der Waals surface area contributed by atoms with Crippen LogP contribution in [0.5, 0.6) is 0 Å². The molecule has 0 aliphatic rings. The maximum Gasteiger partial charge on any atom is 0.245 e. The lowest BCUT2D eigenvalue weighted by atomic mass is 9.92. The molecule has 0 bridgehead atoms. The summed E-state index contributed by atoms with van der Waals surface area (Å²) in [5.41, 5.74) is 0.809.